The highest BCUT2D eigenvalue weighted by atomic mass is 16.5. The number of nitrogen functional groups attached to an aromatic ring is 1. The van der Waals surface area contributed by atoms with Gasteiger partial charge in [0.05, 0.1) is 25.9 Å². The molecule has 0 saturated heterocycles. The van der Waals surface area contributed by atoms with E-state index in [1.807, 2.05) is 24.3 Å². The fourth-order valence-electron chi connectivity index (χ4n) is 4.78. The molecule has 2 aliphatic heterocycles. The average Bonchev–Trinajstić information content (AvgIpc) is 3.52. The lowest BCUT2D eigenvalue weighted by Crippen LogP contribution is -2.18. The van der Waals surface area contributed by atoms with E-state index in [9.17, 15) is 4.79 Å². The normalized spacial score (nSPS) is 14.0. The van der Waals surface area contributed by atoms with Crippen LogP contribution in [0.3, 0.4) is 0 Å². The number of aromatic nitrogens is 4. The predicted octanol–water partition coefficient (Wildman–Crippen LogP) is 2.38. The Morgan fingerprint density at radius 3 is 2.78 bits per heavy atom. The Bertz CT molecular complexity index is 1670. The van der Waals surface area contributed by atoms with E-state index in [0.29, 0.717) is 36.2 Å². The maximum atomic E-state index is 13.0. The number of ether oxygens (including phenoxy) is 2. The van der Waals surface area contributed by atoms with Gasteiger partial charge < -0.3 is 31.4 Å². The molecule has 0 bridgehead atoms. The first kappa shape index (κ1) is 27.2. The SMILES string of the molecule is CC(=O)O.COc1cc(C(Nc2ccc3c(c2)CN=C3N)c2nn(-c3ncccc3N)c(=O)[nH]2)cc2c1OCCC2. The van der Waals surface area contributed by atoms with E-state index in [4.69, 9.17) is 30.8 Å². The maximum Gasteiger partial charge on any atom is 0.349 e. The number of nitrogens with two attached hydrogens (primary N) is 2. The number of hydrogen-bond donors (Lipinski definition) is 5. The number of nitrogens with zero attached hydrogens (tertiary/aromatic N) is 4. The minimum absolute atomic E-state index is 0.260. The molecule has 0 amide bonds. The van der Waals surface area contributed by atoms with Crippen LogP contribution in [-0.4, -0.2) is 50.4 Å². The average molecular weight is 559 g/mol. The van der Waals surface area contributed by atoms with Gasteiger partial charge >= 0.3 is 5.69 Å². The number of carboxylic acids is 1. The number of fused-ring (bicyclic) bond motifs is 2. The van der Waals surface area contributed by atoms with Gasteiger partial charge in [0.15, 0.2) is 23.1 Å². The van der Waals surface area contributed by atoms with Crippen LogP contribution in [0.2, 0.25) is 0 Å². The lowest BCUT2D eigenvalue weighted by atomic mass is 9.97. The molecule has 13 nitrogen and oxygen atoms in total. The minimum Gasteiger partial charge on any atom is -0.493 e. The van der Waals surface area contributed by atoms with Crippen LogP contribution in [0.1, 0.15) is 47.5 Å². The molecule has 1 unspecified atom stereocenters. The van der Waals surface area contributed by atoms with Crippen molar-refractivity contribution in [3.63, 3.8) is 0 Å². The Balaban J connectivity index is 0.000000794. The molecule has 2 aliphatic rings. The molecule has 2 aromatic carbocycles. The van der Waals surface area contributed by atoms with Crippen molar-refractivity contribution >= 4 is 23.2 Å². The monoisotopic (exact) mass is 558 g/mol. The molecule has 7 N–H and O–H groups in total. The number of aliphatic carboxylic acids is 1. The van der Waals surface area contributed by atoms with Crippen molar-refractivity contribution in [2.75, 3.05) is 24.8 Å². The van der Waals surface area contributed by atoms with Gasteiger partial charge in [0.25, 0.3) is 5.97 Å². The fraction of sp³-hybridized carbons (Fsp3) is 0.250. The first-order valence-corrected chi connectivity index (χ1v) is 12.9. The summed E-state index contributed by atoms with van der Waals surface area (Å²) in [5, 5.41) is 15.5. The Kier molecular flexibility index (Phi) is 7.59. The molecule has 0 saturated carbocycles. The molecule has 212 valence electrons. The zero-order valence-electron chi connectivity index (χ0n) is 22.5. The highest BCUT2D eigenvalue weighted by Gasteiger charge is 2.26. The molecule has 13 heteroatoms. The van der Waals surface area contributed by atoms with Gasteiger partial charge in [0.2, 0.25) is 0 Å². The highest BCUT2D eigenvalue weighted by molar-refractivity contribution is 6.01. The minimum atomic E-state index is -0.833. The second-order valence-electron chi connectivity index (χ2n) is 9.48. The topological polar surface area (TPSA) is 196 Å². The summed E-state index contributed by atoms with van der Waals surface area (Å²) in [7, 11) is 1.62. The summed E-state index contributed by atoms with van der Waals surface area (Å²) in [5.41, 5.74) is 16.6. The molecule has 6 rings (SSSR count). The summed E-state index contributed by atoms with van der Waals surface area (Å²) in [6.45, 7) is 2.25. The van der Waals surface area contributed by atoms with Crippen LogP contribution in [0.25, 0.3) is 5.82 Å². The number of rotatable bonds is 6. The zero-order valence-corrected chi connectivity index (χ0v) is 22.5. The maximum absolute atomic E-state index is 13.0. The van der Waals surface area contributed by atoms with E-state index in [-0.39, 0.29) is 5.82 Å². The third kappa shape index (κ3) is 5.69. The molecular formula is C28H30N8O5. The van der Waals surface area contributed by atoms with Crippen molar-refractivity contribution < 1.29 is 19.4 Å². The van der Waals surface area contributed by atoms with E-state index in [0.717, 1.165) is 53.5 Å². The number of hydrogen-bond acceptors (Lipinski definition) is 10. The van der Waals surface area contributed by atoms with Crippen molar-refractivity contribution in [2.45, 2.75) is 32.4 Å². The van der Waals surface area contributed by atoms with Gasteiger partial charge in [0, 0.05) is 24.4 Å². The summed E-state index contributed by atoms with van der Waals surface area (Å²) in [6, 6.07) is 12.7. The van der Waals surface area contributed by atoms with Gasteiger partial charge in [-0.25, -0.2) is 9.78 Å². The number of benzene rings is 2. The zero-order chi connectivity index (χ0) is 29.1. The molecule has 1 atom stereocenters. The number of aliphatic imine (C=N–C) groups is 1. The van der Waals surface area contributed by atoms with Crippen LogP contribution in [0.5, 0.6) is 11.5 Å². The lowest BCUT2D eigenvalue weighted by Gasteiger charge is -2.24. The van der Waals surface area contributed by atoms with E-state index < -0.39 is 17.7 Å². The second kappa shape index (κ2) is 11.4. The Morgan fingerprint density at radius 2 is 2.02 bits per heavy atom. The summed E-state index contributed by atoms with van der Waals surface area (Å²) >= 11 is 0. The van der Waals surface area contributed by atoms with E-state index in [1.165, 1.54) is 4.68 Å². The first-order valence-electron chi connectivity index (χ1n) is 12.9. The molecule has 0 aliphatic carbocycles. The molecular weight excluding hydrogens is 528 g/mol. The van der Waals surface area contributed by atoms with Crippen molar-refractivity contribution in [2.24, 2.45) is 10.7 Å². The molecule has 0 fully saturated rings. The van der Waals surface area contributed by atoms with Gasteiger partial charge in [-0.1, -0.05) is 0 Å². The largest absolute Gasteiger partial charge is 0.493 e. The van der Waals surface area contributed by atoms with Crippen LogP contribution in [0, 0.1) is 0 Å². The number of carboxylic acid groups (broad SMARTS) is 1. The number of aromatic amines is 1. The predicted molar refractivity (Wildman–Crippen MR) is 153 cm³/mol. The third-order valence-corrected chi connectivity index (χ3v) is 6.58. The van der Waals surface area contributed by atoms with Crippen molar-refractivity contribution in [3.05, 3.63) is 87.2 Å². The summed E-state index contributed by atoms with van der Waals surface area (Å²) in [4.78, 5) is 33.4. The highest BCUT2D eigenvalue weighted by Crippen LogP contribution is 2.39. The first-order chi connectivity index (χ1) is 19.7. The number of carbonyl (C=O) groups is 1. The number of amidine groups is 1. The fourth-order valence-corrected chi connectivity index (χ4v) is 4.78. The Morgan fingerprint density at radius 1 is 1.22 bits per heavy atom. The van der Waals surface area contributed by atoms with Gasteiger partial charge in [-0.3, -0.25) is 14.8 Å². The number of anilines is 2. The van der Waals surface area contributed by atoms with Gasteiger partial charge in [-0.2, -0.15) is 4.68 Å². The van der Waals surface area contributed by atoms with Gasteiger partial charge in [0.1, 0.15) is 11.9 Å². The molecule has 4 heterocycles. The third-order valence-electron chi connectivity index (χ3n) is 6.58. The van der Waals surface area contributed by atoms with E-state index in [2.05, 4.69) is 31.4 Å². The van der Waals surface area contributed by atoms with Crippen LogP contribution < -0.4 is 31.9 Å². The number of nitrogens with one attached hydrogen (secondary N) is 2. The number of methoxy groups -OCH3 is 1. The van der Waals surface area contributed by atoms with Crippen molar-refractivity contribution in [1.29, 1.82) is 0 Å². The molecule has 0 spiro atoms. The van der Waals surface area contributed by atoms with Gasteiger partial charge in [-0.15, -0.1) is 5.10 Å². The number of aryl methyl sites for hydroxylation is 1. The molecule has 41 heavy (non-hydrogen) atoms. The standard InChI is InChI=1S/C26H26N8O3.C2H4O2/c1-36-20-12-15(10-14-4-3-9-37-22(14)20)21(31-17-6-7-18-16(11-17)13-30-23(18)28)24-32-26(35)34(33-24)25-19(27)5-2-8-29-25;1-2(3)4/h2,5-8,10-12,21,31H,3-4,9,13,27H2,1H3,(H2,28,30)(H,32,33,35);1H3,(H,3,4). The molecule has 2 aromatic heterocycles. The van der Waals surface area contributed by atoms with Gasteiger partial charge in [-0.05, 0) is 72.0 Å². The van der Waals surface area contributed by atoms with Crippen LogP contribution in [0.15, 0.2) is 58.4 Å². The lowest BCUT2D eigenvalue weighted by molar-refractivity contribution is -0.134. The van der Waals surface area contributed by atoms with Crippen molar-refractivity contribution in [1.82, 2.24) is 19.7 Å². The van der Waals surface area contributed by atoms with E-state index >= 15 is 0 Å². The second-order valence-corrected chi connectivity index (χ2v) is 9.48. The number of H-pyrrole nitrogens is 1. The van der Waals surface area contributed by atoms with Crippen LogP contribution in [-0.2, 0) is 17.8 Å². The van der Waals surface area contributed by atoms with Crippen molar-refractivity contribution in [3.8, 4) is 17.3 Å². The summed E-state index contributed by atoms with van der Waals surface area (Å²) in [6.07, 6.45) is 3.33. The Labute approximate surface area is 234 Å². The number of pyridine rings is 1. The quantitative estimate of drug-likeness (QED) is 0.234. The summed E-state index contributed by atoms with van der Waals surface area (Å²) < 4.78 is 12.7. The molecule has 4 aromatic rings. The van der Waals surface area contributed by atoms with Crippen LogP contribution in [0.4, 0.5) is 11.4 Å². The Hall–Kier alpha value is -5.33. The summed E-state index contributed by atoms with van der Waals surface area (Å²) in [5.74, 6) is 1.74. The molecule has 0 radical (unpaired) electrons. The van der Waals surface area contributed by atoms with E-state index in [1.54, 1.807) is 25.4 Å². The smallest absolute Gasteiger partial charge is 0.349 e. The van der Waals surface area contributed by atoms with Crippen LogP contribution >= 0.6 is 0 Å².